The van der Waals surface area contributed by atoms with Gasteiger partial charge in [0.05, 0.1) is 12.7 Å². The summed E-state index contributed by atoms with van der Waals surface area (Å²) in [5, 5.41) is 15.3. The third-order valence-electron chi connectivity index (χ3n) is 4.89. The van der Waals surface area contributed by atoms with Gasteiger partial charge in [-0.2, -0.15) is 4.80 Å². The molecule has 3 aromatic rings. The topological polar surface area (TPSA) is 85.2 Å². The monoisotopic (exact) mass is 404 g/mol. The molecule has 0 saturated carbocycles. The number of nitrogens with one attached hydrogen (secondary N) is 1. The molecule has 0 aliphatic carbocycles. The molecule has 154 valence electrons. The predicted octanol–water partition coefficient (Wildman–Crippen LogP) is 3.83. The molecule has 0 unspecified atom stereocenters. The van der Waals surface area contributed by atoms with Crippen LogP contribution < -0.4 is 10.2 Å². The van der Waals surface area contributed by atoms with Gasteiger partial charge < -0.3 is 10.1 Å². The summed E-state index contributed by atoms with van der Waals surface area (Å²) in [6, 6.07) is 13.8. The lowest BCUT2D eigenvalue weighted by Crippen LogP contribution is -2.33. The summed E-state index contributed by atoms with van der Waals surface area (Å²) in [6.07, 6.45) is 2.36. The van der Waals surface area contributed by atoms with Gasteiger partial charge in [-0.05, 0) is 42.7 Å². The van der Waals surface area contributed by atoms with E-state index in [0.29, 0.717) is 18.9 Å². The standard InChI is InChI=1S/C22H24N6O2/c1-15-12-16(2)20-18(13-15)19(23-21-24-26-27(3)25-21)10-7-11-28(20)22(29)30-14-17-8-5-4-6-9-17/h4-6,8-10,12-13H,7,11,14H2,1-3H3,(H,23,25). The van der Waals surface area contributed by atoms with Crippen LogP contribution in [0.1, 0.15) is 28.7 Å². The lowest BCUT2D eigenvalue weighted by molar-refractivity contribution is 0.147. The second-order valence-electron chi connectivity index (χ2n) is 7.30. The Hall–Kier alpha value is -3.68. The van der Waals surface area contributed by atoms with Crippen LogP contribution in [0.15, 0.2) is 48.5 Å². The van der Waals surface area contributed by atoms with Crippen LogP contribution in [-0.4, -0.2) is 32.8 Å². The minimum atomic E-state index is -0.362. The molecule has 1 aromatic heterocycles. The van der Waals surface area contributed by atoms with Crippen molar-refractivity contribution in [2.45, 2.75) is 26.9 Å². The maximum Gasteiger partial charge on any atom is 0.414 e. The molecule has 0 atom stereocenters. The summed E-state index contributed by atoms with van der Waals surface area (Å²) in [6.45, 7) is 4.79. The highest BCUT2D eigenvalue weighted by Crippen LogP contribution is 2.35. The Bertz CT molecular complexity index is 1090. The Morgan fingerprint density at radius 1 is 1.20 bits per heavy atom. The summed E-state index contributed by atoms with van der Waals surface area (Å²) >= 11 is 0. The fourth-order valence-corrected chi connectivity index (χ4v) is 3.64. The summed E-state index contributed by atoms with van der Waals surface area (Å²) in [4.78, 5) is 16.1. The van der Waals surface area contributed by atoms with Crippen molar-refractivity contribution in [1.29, 1.82) is 0 Å². The number of carbonyl (C=O) groups excluding carboxylic acids is 1. The molecule has 0 radical (unpaired) electrons. The molecule has 2 heterocycles. The zero-order chi connectivity index (χ0) is 21.1. The third kappa shape index (κ3) is 4.17. The molecule has 0 saturated heterocycles. The van der Waals surface area contributed by atoms with E-state index < -0.39 is 0 Å². The van der Waals surface area contributed by atoms with Crippen molar-refractivity contribution < 1.29 is 9.53 Å². The van der Waals surface area contributed by atoms with E-state index in [1.165, 1.54) is 4.80 Å². The number of nitrogens with zero attached hydrogens (tertiary/aromatic N) is 5. The summed E-state index contributed by atoms with van der Waals surface area (Å²) < 4.78 is 5.63. The van der Waals surface area contributed by atoms with Crippen LogP contribution in [0.25, 0.3) is 5.70 Å². The second-order valence-corrected chi connectivity index (χ2v) is 7.30. The zero-order valence-corrected chi connectivity index (χ0v) is 17.3. The SMILES string of the molecule is Cc1cc(C)c2c(c1)C(Nc1nnn(C)n1)=CCCN2C(=O)OCc1ccccc1. The molecule has 8 nitrogen and oxygen atoms in total. The lowest BCUT2D eigenvalue weighted by atomic mass is 10.0. The van der Waals surface area contributed by atoms with Crippen molar-refractivity contribution in [2.75, 3.05) is 16.8 Å². The van der Waals surface area contributed by atoms with Crippen LogP contribution in [0.2, 0.25) is 0 Å². The molecular weight excluding hydrogens is 380 g/mol. The Labute approximate surface area is 175 Å². The molecule has 1 amide bonds. The number of aryl methyl sites for hydroxylation is 3. The number of fused-ring (bicyclic) bond motifs is 1. The highest BCUT2D eigenvalue weighted by Gasteiger charge is 2.26. The van der Waals surface area contributed by atoms with Crippen molar-refractivity contribution in [3.8, 4) is 0 Å². The van der Waals surface area contributed by atoms with Crippen LogP contribution in [0.5, 0.6) is 0 Å². The average Bonchev–Trinajstić information content (AvgIpc) is 3.05. The molecule has 0 spiro atoms. The smallest absolute Gasteiger partial charge is 0.414 e. The zero-order valence-electron chi connectivity index (χ0n) is 17.3. The Kier molecular flexibility index (Phi) is 5.47. The van der Waals surface area contributed by atoms with Crippen molar-refractivity contribution in [3.05, 3.63) is 70.8 Å². The van der Waals surface area contributed by atoms with Gasteiger partial charge in [0.25, 0.3) is 5.95 Å². The number of hydrogen-bond donors (Lipinski definition) is 1. The Balaban J connectivity index is 1.63. The van der Waals surface area contributed by atoms with Crippen molar-refractivity contribution >= 4 is 23.4 Å². The maximum absolute atomic E-state index is 13.0. The second kappa shape index (κ2) is 8.36. The van der Waals surface area contributed by atoms with E-state index in [-0.39, 0.29) is 12.7 Å². The maximum atomic E-state index is 13.0. The molecular formula is C22H24N6O2. The number of anilines is 2. The minimum Gasteiger partial charge on any atom is -0.444 e. The van der Waals surface area contributed by atoms with Crippen LogP contribution in [-0.2, 0) is 18.4 Å². The van der Waals surface area contributed by atoms with Gasteiger partial charge in [-0.1, -0.05) is 53.1 Å². The van der Waals surface area contributed by atoms with Gasteiger partial charge in [0.1, 0.15) is 6.61 Å². The minimum absolute atomic E-state index is 0.235. The van der Waals surface area contributed by atoms with Crippen molar-refractivity contribution in [3.63, 3.8) is 0 Å². The van der Waals surface area contributed by atoms with E-state index in [2.05, 4.69) is 38.9 Å². The van der Waals surface area contributed by atoms with Crippen LogP contribution >= 0.6 is 0 Å². The van der Waals surface area contributed by atoms with Gasteiger partial charge in [-0.3, -0.25) is 4.90 Å². The molecule has 8 heteroatoms. The fraction of sp³-hybridized carbons (Fsp3) is 0.273. The van der Waals surface area contributed by atoms with Crippen molar-refractivity contribution in [2.24, 2.45) is 7.05 Å². The summed E-state index contributed by atoms with van der Waals surface area (Å²) in [5.41, 5.74) is 5.65. The van der Waals surface area contributed by atoms with Gasteiger partial charge >= 0.3 is 6.09 Å². The Morgan fingerprint density at radius 3 is 2.73 bits per heavy atom. The molecule has 30 heavy (non-hydrogen) atoms. The first-order valence-corrected chi connectivity index (χ1v) is 9.82. The fourth-order valence-electron chi connectivity index (χ4n) is 3.64. The summed E-state index contributed by atoms with van der Waals surface area (Å²) in [7, 11) is 1.71. The van der Waals surface area contributed by atoms with E-state index in [4.69, 9.17) is 4.74 Å². The highest BCUT2D eigenvalue weighted by atomic mass is 16.6. The van der Waals surface area contributed by atoms with E-state index in [1.807, 2.05) is 44.2 Å². The van der Waals surface area contributed by atoms with Gasteiger partial charge in [0.2, 0.25) is 0 Å². The molecule has 0 fully saturated rings. The van der Waals surface area contributed by atoms with Gasteiger partial charge in [-0.15, -0.1) is 5.10 Å². The normalized spacial score (nSPS) is 13.3. The lowest BCUT2D eigenvalue weighted by Gasteiger charge is -2.25. The number of tetrazole rings is 1. The molecule has 1 N–H and O–H groups in total. The quantitative estimate of drug-likeness (QED) is 0.711. The van der Waals surface area contributed by atoms with Gasteiger partial charge in [0, 0.05) is 17.8 Å². The Morgan fingerprint density at radius 2 is 2.00 bits per heavy atom. The predicted molar refractivity (Wildman–Crippen MR) is 115 cm³/mol. The largest absolute Gasteiger partial charge is 0.444 e. The summed E-state index contributed by atoms with van der Waals surface area (Å²) in [5.74, 6) is 0.411. The first-order chi connectivity index (χ1) is 14.5. The van der Waals surface area contributed by atoms with Crippen LogP contribution in [0, 0.1) is 13.8 Å². The number of hydrogen-bond acceptors (Lipinski definition) is 6. The molecule has 0 bridgehead atoms. The molecule has 1 aliphatic rings. The molecule has 2 aromatic carbocycles. The number of amides is 1. The number of carbonyl (C=O) groups is 1. The average molecular weight is 404 g/mol. The first-order valence-electron chi connectivity index (χ1n) is 9.82. The number of rotatable bonds is 4. The van der Waals surface area contributed by atoms with Gasteiger partial charge in [-0.25, -0.2) is 4.79 Å². The number of ether oxygens (including phenoxy) is 1. The van der Waals surface area contributed by atoms with E-state index >= 15 is 0 Å². The highest BCUT2D eigenvalue weighted by molar-refractivity contribution is 5.96. The number of benzene rings is 2. The van der Waals surface area contributed by atoms with E-state index in [1.54, 1.807) is 11.9 Å². The van der Waals surface area contributed by atoms with Crippen LogP contribution in [0.3, 0.4) is 0 Å². The first kappa shape index (κ1) is 19.6. The molecule has 4 rings (SSSR count). The molecule has 1 aliphatic heterocycles. The van der Waals surface area contributed by atoms with Crippen molar-refractivity contribution in [1.82, 2.24) is 20.2 Å². The van der Waals surface area contributed by atoms with E-state index in [0.717, 1.165) is 33.6 Å². The van der Waals surface area contributed by atoms with E-state index in [9.17, 15) is 4.79 Å². The van der Waals surface area contributed by atoms with Gasteiger partial charge in [0.15, 0.2) is 0 Å². The van der Waals surface area contributed by atoms with Crippen LogP contribution in [0.4, 0.5) is 16.4 Å². The number of aromatic nitrogens is 4. The third-order valence-corrected chi connectivity index (χ3v) is 4.89.